The van der Waals surface area contributed by atoms with Crippen LogP contribution in [-0.2, 0) is 10.3 Å². The second kappa shape index (κ2) is 3.14. The zero-order valence-electron chi connectivity index (χ0n) is 7.15. The molecule has 2 heterocycles. The molecule has 14 heavy (non-hydrogen) atoms. The molecule has 0 saturated carbocycles. The Balaban J connectivity index is 3.06. The van der Waals surface area contributed by atoms with Gasteiger partial charge < -0.3 is 0 Å². The van der Waals surface area contributed by atoms with E-state index in [2.05, 4.69) is 10.1 Å². The highest BCUT2D eigenvalue weighted by molar-refractivity contribution is 7.63. The highest BCUT2D eigenvalue weighted by atomic mass is 35.5. The van der Waals surface area contributed by atoms with Gasteiger partial charge in [0, 0.05) is 11.8 Å². The van der Waals surface area contributed by atoms with Gasteiger partial charge in [0.2, 0.25) is 10.3 Å². The lowest BCUT2D eigenvalue weighted by Gasteiger charge is -1.97. The summed E-state index contributed by atoms with van der Waals surface area (Å²) in [5.41, 5.74) is 1.21. The molecule has 1 N–H and O–H groups in total. The number of halogens is 1. The van der Waals surface area contributed by atoms with Crippen molar-refractivity contribution in [1.82, 2.24) is 14.6 Å². The number of rotatable bonds is 0. The number of nitrogens with one attached hydrogen (secondary N) is 1. The Bertz CT molecular complexity index is 660. The molecule has 0 saturated heterocycles. The average Bonchev–Trinajstić information content (AvgIpc) is 2.47. The van der Waals surface area contributed by atoms with Crippen molar-refractivity contribution in [2.24, 2.45) is 0 Å². The number of aromatic amines is 1. The third kappa shape index (κ3) is 1.42. The van der Waals surface area contributed by atoms with Gasteiger partial charge in [-0.3, -0.25) is 5.10 Å². The third-order valence-electron chi connectivity index (χ3n) is 1.72. The molecule has 2 aromatic rings. The van der Waals surface area contributed by atoms with Gasteiger partial charge >= 0.3 is 0 Å². The van der Waals surface area contributed by atoms with Crippen LogP contribution in [0.4, 0.5) is 0 Å². The van der Waals surface area contributed by atoms with Crippen molar-refractivity contribution in [3.05, 3.63) is 27.6 Å². The quantitative estimate of drug-likeness (QED) is 0.544. The maximum Gasteiger partial charge on any atom is 0.239 e. The average molecular weight is 232 g/mol. The molecule has 2 rings (SSSR count). The molecule has 0 aliphatic heterocycles. The zero-order valence-corrected chi connectivity index (χ0v) is 8.72. The first kappa shape index (κ1) is 9.29. The Hall–Kier alpha value is -1.27. The molecule has 7 heteroatoms. The SMILES string of the molecule is Cc1cc(Cl)n2[nH]c(=S(=O)=O)cc2n1. The molecule has 74 valence electrons. The fourth-order valence-corrected chi connectivity index (χ4v) is 1.82. The second-order valence-corrected chi connectivity index (χ2v) is 4.07. The number of aromatic nitrogens is 3. The van der Waals surface area contributed by atoms with Crippen molar-refractivity contribution in [1.29, 1.82) is 0 Å². The number of aryl methyl sites for hydroxylation is 1. The normalized spacial score (nSPS) is 10.7. The Morgan fingerprint density at radius 2 is 2.21 bits per heavy atom. The van der Waals surface area contributed by atoms with Crippen LogP contribution in [0.5, 0.6) is 0 Å². The Kier molecular flexibility index (Phi) is 2.09. The summed E-state index contributed by atoms with van der Waals surface area (Å²) < 4.78 is 22.8. The number of hydrogen-bond acceptors (Lipinski definition) is 3. The number of nitrogens with zero attached hydrogens (tertiary/aromatic N) is 2. The summed E-state index contributed by atoms with van der Waals surface area (Å²) >= 11 is 5.87. The molecule has 2 aromatic heterocycles. The van der Waals surface area contributed by atoms with Gasteiger partial charge in [0.05, 0.1) is 0 Å². The maximum atomic E-state index is 10.7. The fraction of sp³-hybridized carbons (Fsp3) is 0.143. The summed E-state index contributed by atoms with van der Waals surface area (Å²) in [6.45, 7) is 1.78. The molecule has 5 nitrogen and oxygen atoms in total. The van der Waals surface area contributed by atoms with Crippen LogP contribution in [-0.4, -0.2) is 23.0 Å². The largest absolute Gasteiger partial charge is 0.277 e. The first-order valence-corrected chi connectivity index (χ1v) is 5.20. The minimum Gasteiger partial charge on any atom is -0.277 e. The molecule has 0 radical (unpaired) electrons. The van der Waals surface area contributed by atoms with E-state index in [1.807, 2.05) is 0 Å². The second-order valence-electron chi connectivity index (χ2n) is 2.77. The molecule has 0 aromatic carbocycles. The smallest absolute Gasteiger partial charge is 0.239 e. The summed E-state index contributed by atoms with van der Waals surface area (Å²) in [5.74, 6) is 0. The Labute approximate surface area is 85.5 Å². The molecule has 0 aliphatic carbocycles. The van der Waals surface area contributed by atoms with Crippen LogP contribution in [0.2, 0.25) is 5.15 Å². The van der Waals surface area contributed by atoms with Crippen molar-refractivity contribution in [3.63, 3.8) is 0 Å². The Morgan fingerprint density at radius 3 is 2.86 bits per heavy atom. The van der Waals surface area contributed by atoms with Gasteiger partial charge in [-0.15, -0.1) is 0 Å². The van der Waals surface area contributed by atoms with E-state index in [1.165, 1.54) is 10.6 Å². The van der Waals surface area contributed by atoms with Crippen LogP contribution < -0.4 is 0 Å². The van der Waals surface area contributed by atoms with Crippen molar-refractivity contribution in [2.45, 2.75) is 6.92 Å². The van der Waals surface area contributed by atoms with Gasteiger partial charge in [0.25, 0.3) is 0 Å². The van der Waals surface area contributed by atoms with Gasteiger partial charge in [-0.05, 0) is 13.0 Å². The van der Waals surface area contributed by atoms with E-state index in [1.54, 1.807) is 13.0 Å². The van der Waals surface area contributed by atoms with Gasteiger partial charge in [0.1, 0.15) is 5.15 Å². The van der Waals surface area contributed by atoms with E-state index in [9.17, 15) is 8.42 Å². The lowest BCUT2D eigenvalue weighted by atomic mass is 10.4. The van der Waals surface area contributed by atoms with Gasteiger partial charge in [0.15, 0.2) is 10.3 Å². The summed E-state index contributed by atoms with van der Waals surface area (Å²) in [4.78, 5) is 4.11. The van der Waals surface area contributed by atoms with E-state index in [-0.39, 0.29) is 4.64 Å². The Morgan fingerprint density at radius 1 is 1.50 bits per heavy atom. The highest BCUT2D eigenvalue weighted by Crippen LogP contribution is 2.11. The minimum absolute atomic E-state index is 0.0602. The standard InChI is InChI=1S/C7H6ClN3O2S/c1-4-2-5(8)11-6(9-4)3-7(10-11)14(12)13/h2-3,10H,1H3. The fourth-order valence-electron chi connectivity index (χ4n) is 1.16. The predicted octanol–water partition coefficient (Wildman–Crippen LogP) is 1.04. The van der Waals surface area contributed by atoms with E-state index in [0.717, 1.165) is 5.69 Å². The van der Waals surface area contributed by atoms with E-state index < -0.39 is 10.3 Å². The molecule has 0 spiro atoms. The highest BCUT2D eigenvalue weighted by Gasteiger charge is 2.02. The first-order chi connectivity index (χ1) is 6.58. The molecule has 0 atom stereocenters. The molecular formula is C7H6ClN3O2S. The van der Waals surface area contributed by atoms with Crippen molar-refractivity contribution in [2.75, 3.05) is 0 Å². The summed E-state index contributed by atoms with van der Waals surface area (Å²) in [5, 5.41) is 2.99. The molecular weight excluding hydrogens is 226 g/mol. The van der Waals surface area contributed by atoms with Crippen LogP contribution in [0.1, 0.15) is 5.69 Å². The molecule has 0 bridgehead atoms. The van der Waals surface area contributed by atoms with Gasteiger partial charge in [-0.2, -0.15) is 8.42 Å². The van der Waals surface area contributed by atoms with Gasteiger partial charge in [-0.25, -0.2) is 9.50 Å². The molecule has 0 aliphatic rings. The van der Waals surface area contributed by atoms with Crippen molar-refractivity contribution in [3.8, 4) is 0 Å². The summed E-state index contributed by atoms with van der Waals surface area (Å²) in [7, 11) is -2.30. The van der Waals surface area contributed by atoms with Crippen LogP contribution in [0, 0.1) is 11.6 Å². The lowest BCUT2D eigenvalue weighted by molar-refractivity contribution is 0.624. The van der Waals surface area contributed by atoms with Crippen molar-refractivity contribution < 1.29 is 8.42 Å². The maximum absolute atomic E-state index is 10.7. The molecule has 0 unspecified atom stereocenters. The molecule has 0 fully saturated rings. The van der Waals surface area contributed by atoms with Crippen LogP contribution in [0.15, 0.2) is 12.1 Å². The van der Waals surface area contributed by atoms with Gasteiger partial charge in [-0.1, -0.05) is 11.6 Å². The molecule has 0 amide bonds. The van der Waals surface area contributed by atoms with Crippen molar-refractivity contribution >= 4 is 27.5 Å². The zero-order chi connectivity index (χ0) is 10.3. The number of fused-ring (bicyclic) bond motifs is 1. The predicted molar refractivity (Wildman–Crippen MR) is 51.5 cm³/mol. The first-order valence-electron chi connectivity index (χ1n) is 3.75. The third-order valence-corrected chi connectivity index (χ3v) is 2.57. The number of H-pyrrole nitrogens is 1. The monoisotopic (exact) mass is 231 g/mol. The minimum atomic E-state index is -2.30. The number of hydrogen-bond donors (Lipinski definition) is 1. The van der Waals surface area contributed by atoms with Crippen LogP contribution in [0.25, 0.3) is 5.65 Å². The summed E-state index contributed by atoms with van der Waals surface area (Å²) in [6, 6.07) is 3.06. The topological polar surface area (TPSA) is 67.2 Å². The van der Waals surface area contributed by atoms with Crippen LogP contribution >= 0.6 is 11.6 Å². The lowest BCUT2D eigenvalue weighted by Crippen LogP contribution is -1.93. The van der Waals surface area contributed by atoms with Crippen LogP contribution in [0.3, 0.4) is 0 Å². The van der Waals surface area contributed by atoms with E-state index in [4.69, 9.17) is 11.6 Å². The van der Waals surface area contributed by atoms with E-state index >= 15 is 0 Å². The summed E-state index contributed by atoms with van der Waals surface area (Å²) in [6.07, 6.45) is 0. The van der Waals surface area contributed by atoms with E-state index in [0.29, 0.717) is 10.8 Å².